The standard InChI is InChI=1S/C14H21N3O3/c1-10-9-13(20-15-10)14(19)17-7-5-16(6-8-17)11-3-2-4-12(11)18/h9,11-12,18H,2-8H2,1H3/t11-,12-/m0/s1. The first-order chi connectivity index (χ1) is 9.65. The van der Waals surface area contributed by atoms with Crippen molar-refractivity contribution in [2.24, 2.45) is 0 Å². The van der Waals surface area contributed by atoms with Gasteiger partial charge >= 0.3 is 0 Å². The van der Waals surface area contributed by atoms with Gasteiger partial charge in [-0.05, 0) is 26.2 Å². The number of aliphatic hydroxyl groups excluding tert-OH is 1. The average Bonchev–Trinajstić information content (AvgIpc) is 3.07. The number of hydrogen-bond acceptors (Lipinski definition) is 5. The molecule has 3 rings (SSSR count). The van der Waals surface area contributed by atoms with E-state index in [2.05, 4.69) is 10.1 Å². The van der Waals surface area contributed by atoms with Crippen LogP contribution in [0.25, 0.3) is 0 Å². The van der Waals surface area contributed by atoms with Gasteiger partial charge in [-0.15, -0.1) is 0 Å². The SMILES string of the molecule is Cc1cc(C(=O)N2CCN([C@H]3CCC[C@@H]3O)CC2)on1. The van der Waals surface area contributed by atoms with E-state index in [1.807, 2.05) is 0 Å². The molecule has 1 N–H and O–H groups in total. The lowest BCUT2D eigenvalue weighted by molar-refractivity contribution is 0.0298. The van der Waals surface area contributed by atoms with Crippen LogP contribution in [0.4, 0.5) is 0 Å². The summed E-state index contributed by atoms with van der Waals surface area (Å²) in [5.41, 5.74) is 0.723. The summed E-state index contributed by atoms with van der Waals surface area (Å²) in [4.78, 5) is 16.3. The van der Waals surface area contributed by atoms with Gasteiger partial charge in [0.25, 0.3) is 5.91 Å². The van der Waals surface area contributed by atoms with Crippen LogP contribution in [0, 0.1) is 6.92 Å². The Morgan fingerprint density at radius 1 is 1.35 bits per heavy atom. The zero-order chi connectivity index (χ0) is 14.1. The number of aliphatic hydroxyl groups is 1. The van der Waals surface area contributed by atoms with Crippen molar-refractivity contribution in [3.63, 3.8) is 0 Å². The molecule has 1 amide bonds. The number of carbonyl (C=O) groups is 1. The molecule has 20 heavy (non-hydrogen) atoms. The summed E-state index contributed by atoms with van der Waals surface area (Å²) in [5, 5.41) is 13.7. The Hall–Kier alpha value is -1.40. The van der Waals surface area contributed by atoms with Crippen LogP contribution in [0.5, 0.6) is 0 Å². The number of hydrogen-bond donors (Lipinski definition) is 1. The first-order valence-corrected chi connectivity index (χ1v) is 7.30. The molecule has 2 fully saturated rings. The quantitative estimate of drug-likeness (QED) is 0.861. The fourth-order valence-electron chi connectivity index (χ4n) is 3.22. The third-order valence-electron chi connectivity index (χ3n) is 4.35. The predicted octanol–water partition coefficient (Wildman–Crippen LogP) is 0.654. The second-order valence-corrected chi connectivity index (χ2v) is 5.73. The monoisotopic (exact) mass is 279 g/mol. The third kappa shape index (κ3) is 2.58. The molecule has 2 atom stereocenters. The van der Waals surface area contributed by atoms with Gasteiger partial charge in [0.2, 0.25) is 5.76 Å². The van der Waals surface area contributed by atoms with Gasteiger partial charge in [0.05, 0.1) is 11.8 Å². The maximum absolute atomic E-state index is 12.2. The highest BCUT2D eigenvalue weighted by Gasteiger charge is 2.33. The summed E-state index contributed by atoms with van der Waals surface area (Å²) < 4.78 is 5.03. The largest absolute Gasteiger partial charge is 0.391 e. The molecule has 0 spiro atoms. The minimum Gasteiger partial charge on any atom is -0.391 e. The molecule has 2 heterocycles. The molecule has 1 aliphatic heterocycles. The number of aromatic nitrogens is 1. The summed E-state index contributed by atoms with van der Waals surface area (Å²) in [6, 6.07) is 1.95. The fourth-order valence-corrected chi connectivity index (χ4v) is 3.22. The zero-order valence-electron chi connectivity index (χ0n) is 11.8. The van der Waals surface area contributed by atoms with Crippen LogP contribution in [-0.4, -0.2) is 64.3 Å². The number of amides is 1. The van der Waals surface area contributed by atoms with Gasteiger partial charge in [0.15, 0.2) is 0 Å². The van der Waals surface area contributed by atoms with Crippen LogP contribution >= 0.6 is 0 Å². The first kappa shape index (κ1) is 13.6. The van der Waals surface area contributed by atoms with E-state index in [0.29, 0.717) is 18.8 Å². The highest BCUT2D eigenvalue weighted by atomic mass is 16.5. The Kier molecular flexibility index (Phi) is 3.76. The Labute approximate surface area is 118 Å². The summed E-state index contributed by atoms with van der Waals surface area (Å²) in [6.45, 7) is 4.81. The lowest BCUT2D eigenvalue weighted by Gasteiger charge is -2.38. The van der Waals surface area contributed by atoms with Crippen molar-refractivity contribution in [1.82, 2.24) is 15.0 Å². The molecule has 1 aromatic heterocycles. The Balaban J connectivity index is 1.57. The van der Waals surface area contributed by atoms with Gasteiger partial charge < -0.3 is 14.5 Å². The maximum atomic E-state index is 12.2. The second kappa shape index (κ2) is 5.54. The van der Waals surface area contributed by atoms with Crippen LogP contribution in [0.3, 0.4) is 0 Å². The lowest BCUT2D eigenvalue weighted by atomic mass is 10.1. The van der Waals surface area contributed by atoms with Crippen molar-refractivity contribution in [2.45, 2.75) is 38.3 Å². The average molecular weight is 279 g/mol. The molecule has 0 unspecified atom stereocenters. The first-order valence-electron chi connectivity index (χ1n) is 7.30. The molecule has 6 nitrogen and oxygen atoms in total. The minimum absolute atomic E-state index is 0.0859. The third-order valence-corrected chi connectivity index (χ3v) is 4.35. The number of carbonyl (C=O) groups excluding carboxylic acids is 1. The molecule has 1 saturated heterocycles. The van der Waals surface area contributed by atoms with Crippen molar-refractivity contribution >= 4 is 5.91 Å². The topological polar surface area (TPSA) is 69.8 Å². The molecule has 2 aliphatic rings. The van der Waals surface area contributed by atoms with Gasteiger partial charge in [-0.2, -0.15) is 0 Å². The summed E-state index contributed by atoms with van der Waals surface area (Å²) in [5.74, 6) is 0.231. The summed E-state index contributed by atoms with van der Waals surface area (Å²) in [7, 11) is 0. The molecule has 110 valence electrons. The zero-order valence-corrected chi connectivity index (χ0v) is 11.8. The Morgan fingerprint density at radius 3 is 2.65 bits per heavy atom. The number of piperazine rings is 1. The Morgan fingerprint density at radius 2 is 2.10 bits per heavy atom. The van der Waals surface area contributed by atoms with E-state index in [4.69, 9.17) is 4.52 Å². The van der Waals surface area contributed by atoms with E-state index in [1.165, 1.54) is 0 Å². The van der Waals surface area contributed by atoms with Crippen LogP contribution in [0.1, 0.15) is 35.5 Å². The van der Waals surface area contributed by atoms with E-state index in [0.717, 1.165) is 38.0 Å². The van der Waals surface area contributed by atoms with E-state index in [1.54, 1.807) is 17.9 Å². The number of nitrogens with zero attached hydrogens (tertiary/aromatic N) is 3. The Bertz CT molecular complexity index is 480. The molecule has 0 bridgehead atoms. The molecule has 0 radical (unpaired) electrons. The van der Waals surface area contributed by atoms with E-state index in [-0.39, 0.29) is 18.1 Å². The van der Waals surface area contributed by atoms with Crippen molar-refractivity contribution < 1.29 is 14.4 Å². The summed E-state index contributed by atoms with van der Waals surface area (Å²) >= 11 is 0. The smallest absolute Gasteiger partial charge is 0.292 e. The molecular formula is C14H21N3O3. The molecule has 1 aliphatic carbocycles. The highest BCUT2D eigenvalue weighted by molar-refractivity contribution is 5.91. The molecule has 0 aromatic carbocycles. The fraction of sp³-hybridized carbons (Fsp3) is 0.714. The lowest BCUT2D eigenvalue weighted by Crippen LogP contribution is -2.53. The normalized spacial score (nSPS) is 28.0. The summed E-state index contributed by atoms with van der Waals surface area (Å²) in [6.07, 6.45) is 2.87. The second-order valence-electron chi connectivity index (χ2n) is 5.73. The van der Waals surface area contributed by atoms with Crippen molar-refractivity contribution in [2.75, 3.05) is 26.2 Å². The number of rotatable bonds is 2. The maximum Gasteiger partial charge on any atom is 0.292 e. The van der Waals surface area contributed by atoms with Gasteiger partial charge in [0.1, 0.15) is 0 Å². The van der Waals surface area contributed by atoms with Crippen molar-refractivity contribution in [1.29, 1.82) is 0 Å². The van der Waals surface area contributed by atoms with Crippen molar-refractivity contribution in [3.05, 3.63) is 17.5 Å². The van der Waals surface area contributed by atoms with Gasteiger partial charge in [0, 0.05) is 38.3 Å². The van der Waals surface area contributed by atoms with E-state index < -0.39 is 0 Å². The van der Waals surface area contributed by atoms with Gasteiger partial charge in [-0.3, -0.25) is 9.69 Å². The minimum atomic E-state index is -0.200. The molecule has 6 heteroatoms. The van der Waals surface area contributed by atoms with Crippen LogP contribution in [0.15, 0.2) is 10.6 Å². The van der Waals surface area contributed by atoms with Gasteiger partial charge in [-0.1, -0.05) is 5.16 Å². The number of aryl methyl sites for hydroxylation is 1. The van der Waals surface area contributed by atoms with Crippen molar-refractivity contribution in [3.8, 4) is 0 Å². The van der Waals surface area contributed by atoms with Crippen LogP contribution in [-0.2, 0) is 0 Å². The molecule has 1 saturated carbocycles. The molecular weight excluding hydrogens is 258 g/mol. The highest BCUT2D eigenvalue weighted by Crippen LogP contribution is 2.25. The van der Waals surface area contributed by atoms with E-state index >= 15 is 0 Å². The van der Waals surface area contributed by atoms with Crippen LogP contribution in [0.2, 0.25) is 0 Å². The molecule has 1 aromatic rings. The van der Waals surface area contributed by atoms with Gasteiger partial charge in [-0.25, -0.2) is 0 Å². The predicted molar refractivity (Wildman–Crippen MR) is 72.4 cm³/mol. The van der Waals surface area contributed by atoms with E-state index in [9.17, 15) is 9.90 Å². The van der Waals surface area contributed by atoms with Crippen LogP contribution < -0.4 is 0 Å².